The standard InChI is InChI=1S/C12H15N/c1-10-5-2-3-7-12(10)11-6-4-8-13-9-11/h2-8,10-12H,9H2,1H3/t10-,11?,12?/m0/s1. The van der Waals surface area contributed by atoms with E-state index in [1.54, 1.807) is 0 Å². The van der Waals surface area contributed by atoms with E-state index in [9.17, 15) is 0 Å². The molecule has 0 bridgehead atoms. The molecule has 2 aliphatic rings. The van der Waals surface area contributed by atoms with Gasteiger partial charge in [-0.1, -0.05) is 37.3 Å². The maximum Gasteiger partial charge on any atom is 0.0458 e. The summed E-state index contributed by atoms with van der Waals surface area (Å²) in [6, 6.07) is 0. The highest BCUT2D eigenvalue weighted by molar-refractivity contribution is 5.72. The van der Waals surface area contributed by atoms with E-state index in [1.807, 2.05) is 6.21 Å². The summed E-state index contributed by atoms with van der Waals surface area (Å²) in [5.74, 6) is 1.88. The minimum atomic E-state index is 0.598. The van der Waals surface area contributed by atoms with Crippen molar-refractivity contribution in [2.24, 2.45) is 22.7 Å². The molecule has 13 heavy (non-hydrogen) atoms. The fourth-order valence-corrected chi connectivity index (χ4v) is 2.01. The first-order chi connectivity index (χ1) is 6.38. The van der Waals surface area contributed by atoms with Crippen molar-refractivity contribution in [2.75, 3.05) is 6.54 Å². The monoisotopic (exact) mass is 173 g/mol. The third-order valence-electron chi connectivity index (χ3n) is 2.83. The van der Waals surface area contributed by atoms with E-state index < -0.39 is 0 Å². The lowest BCUT2D eigenvalue weighted by atomic mass is 9.79. The van der Waals surface area contributed by atoms with Crippen molar-refractivity contribution < 1.29 is 0 Å². The molecule has 0 fully saturated rings. The van der Waals surface area contributed by atoms with Gasteiger partial charge in [0.05, 0.1) is 0 Å². The molecule has 0 radical (unpaired) electrons. The van der Waals surface area contributed by atoms with Crippen molar-refractivity contribution in [2.45, 2.75) is 6.92 Å². The smallest absolute Gasteiger partial charge is 0.0458 e. The molecule has 1 aliphatic heterocycles. The van der Waals surface area contributed by atoms with Crippen LogP contribution in [0.25, 0.3) is 0 Å². The largest absolute Gasteiger partial charge is 0.293 e. The number of hydrogen-bond acceptors (Lipinski definition) is 1. The van der Waals surface area contributed by atoms with Crippen molar-refractivity contribution >= 4 is 6.21 Å². The Labute approximate surface area is 79.6 Å². The van der Waals surface area contributed by atoms with Crippen molar-refractivity contribution in [3.63, 3.8) is 0 Å². The molecule has 3 atom stereocenters. The molecular formula is C12H15N. The van der Waals surface area contributed by atoms with Gasteiger partial charge in [0.25, 0.3) is 0 Å². The van der Waals surface area contributed by atoms with Gasteiger partial charge in [-0.25, -0.2) is 0 Å². The van der Waals surface area contributed by atoms with Gasteiger partial charge in [-0.3, -0.25) is 4.99 Å². The zero-order chi connectivity index (χ0) is 9.10. The van der Waals surface area contributed by atoms with Gasteiger partial charge in [-0.05, 0) is 17.9 Å². The van der Waals surface area contributed by atoms with Gasteiger partial charge in [0.1, 0.15) is 0 Å². The van der Waals surface area contributed by atoms with Crippen LogP contribution in [0, 0.1) is 17.8 Å². The Balaban J connectivity index is 2.08. The summed E-state index contributed by atoms with van der Waals surface area (Å²) in [4.78, 5) is 4.30. The Hall–Kier alpha value is -1.11. The summed E-state index contributed by atoms with van der Waals surface area (Å²) in [5.41, 5.74) is 0. The molecule has 1 heteroatoms. The summed E-state index contributed by atoms with van der Waals surface area (Å²) in [6.45, 7) is 3.22. The average Bonchev–Trinajstić information content (AvgIpc) is 2.20. The van der Waals surface area contributed by atoms with E-state index in [4.69, 9.17) is 0 Å². The van der Waals surface area contributed by atoms with Gasteiger partial charge in [0.15, 0.2) is 0 Å². The van der Waals surface area contributed by atoms with Crippen molar-refractivity contribution in [1.82, 2.24) is 0 Å². The maximum absolute atomic E-state index is 4.30. The van der Waals surface area contributed by atoms with Gasteiger partial charge in [0.2, 0.25) is 0 Å². The molecule has 0 aromatic heterocycles. The van der Waals surface area contributed by atoms with Gasteiger partial charge in [0, 0.05) is 18.7 Å². The number of hydrogen-bond donors (Lipinski definition) is 0. The highest BCUT2D eigenvalue weighted by Gasteiger charge is 2.22. The average molecular weight is 173 g/mol. The summed E-state index contributed by atoms with van der Waals surface area (Å²) < 4.78 is 0. The Kier molecular flexibility index (Phi) is 2.44. The molecule has 1 aliphatic carbocycles. The maximum atomic E-state index is 4.30. The molecule has 68 valence electrons. The fraction of sp³-hybridized carbons (Fsp3) is 0.417. The van der Waals surface area contributed by atoms with E-state index in [0.717, 1.165) is 6.54 Å². The number of rotatable bonds is 1. The van der Waals surface area contributed by atoms with Crippen LogP contribution in [0.3, 0.4) is 0 Å². The molecular weight excluding hydrogens is 158 g/mol. The van der Waals surface area contributed by atoms with E-state index in [-0.39, 0.29) is 0 Å². The molecule has 0 saturated heterocycles. The molecule has 1 heterocycles. The molecule has 0 aromatic rings. The van der Waals surface area contributed by atoms with Gasteiger partial charge in [-0.15, -0.1) is 0 Å². The van der Waals surface area contributed by atoms with E-state index in [0.29, 0.717) is 17.8 Å². The summed E-state index contributed by atoms with van der Waals surface area (Å²) in [6.07, 6.45) is 15.1. The second-order valence-corrected chi connectivity index (χ2v) is 3.77. The Morgan fingerprint density at radius 2 is 1.92 bits per heavy atom. The summed E-state index contributed by atoms with van der Waals surface area (Å²) in [7, 11) is 0. The van der Waals surface area contributed by atoms with Gasteiger partial charge < -0.3 is 0 Å². The van der Waals surface area contributed by atoms with Crippen molar-refractivity contribution in [3.8, 4) is 0 Å². The van der Waals surface area contributed by atoms with Crippen LogP contribution in [0.4, 0.5) is 0 Å². The molecule has 2 unspecified atom stereocenters. The molecule has 1 nitrogen and oxygen atoms in total. The highest BCUT2D eigenvalue weighted by Crippen LogP contribution is 2.28. The molecule has 2 rings (SSSR count). The third-order valence-corrected chi connectivity index (χ3v) is 2.83. The topological polar surface area (TPSA) is 12.4 Å². The second kappa shape index (κ2) is 3.73. The first-order valence-corrected chi connectivity index (χ1v) is 4.89. The zero-order valence-corrected chi connectivity index (χ0v) is 7.93. The van der Waals surface area contributed by atoms with Crippen LogP contribution in [0.1, 0.15) is 6.92 Å². The lowest BCUT2D eigenvalue weighted by Crippen LogP contribution is -2.22. The Morgan fingerprint density at radius 1 is 1.08 bits per heavy atom. The van der Waals surface area contributed by atoms with Crippen LogP contribution in [0.2, 0.25) is 0 Å². The first kappa shape index (κ1) is 8.49. The second-order valence-electron chi connectivity index (χ2n) is 3.77. The van der Waals surface area contributed by atoms with Crippen LogP contribution >= 0.6 is 0 Å². The van der Waals surface area contributed by atoms with Crippen molar-refractivity contribution in [1.29, 1.82) is 0 Å². The highest BCUT2D eigenvalue weighted by atomic mass is 14.7. The Bertz CT molecular complexity index is 283. The quantitative estimate of drug-likeness (QED) is 0.578. The predicted molar refractivity (Wildman–Crippen MR) is 56.9 cm³/mol. The molecule has 0 amide bonds. The van der Waals surface area contributed by atoms with E-state index in [1.165, 1.54) is 0 Å². The van der Waals surface area contributed by atoms with Gasteiger partial charge >= 0.3 is 0 Å². The number of aliphatic imine (C=N–C) groups is 1. The molecule has 0 spiro atoms. The van der Waals surface area contributed by atoms with Gasteiger partial charge in [-0.2, -0.15) is 0 Å². The van der Waals surface area contributed by atoms with E-state index >= 15 is 0 Å². The lowest BCUT2D eigenvalue weighted by molar-refractivity contribution is 0.395. The number of dihydropyridines is 1. The number of nitrogens with zero attached hydrogens (tertiary/aromatic N) is 1. The van der Waals surface area contributed by atoms with Crippen LogP contribution < -0.4 is 0 Å². The lowest BCUT2D eigenvalue weighted by Gasteiger charge is -2.27. The number of allylic oxidation sites excluding steroid dienone is 5. The summed E-state index contributed by atoms with van der Waals surface area (Å²) in [5, 5.41) is 0. The normalized spacial score (nSPS) is 36.8. The zero-order valence-electron chi connectivity index (χ0n) is 7.93. The fourth-order valence-electron chi connectivity index (χ4n) is 2.01. The van der Waals surface area contributed by atoms with Crippen LogP contribution in [0.15, 0.2) is 41.4 Å². The van der Waals surface area contributed by atoms with Crippen molar-refractivity contribution in [3.05, 3.63) is 36.5 Å². The molecule has 0 N–H and O–H groups in total. The Morgan fingerprint density at radius 3 is 2.62 bits per heavy atom. The van der Waals surface area contributed by atoms with Crippen LogP contribution in [-0.4, -0.2) is 12.8 Å². The van der Waals surface area contributed by atoms with Crippen LogP contribution in [0.5, 0.6) is 0 Å². The molecule has 0 saturated carbocycles. The minimum absolute atomic E-state index is 0.598. The predicted octanol–water partition coefficient (Wildman–Crippen LogP) is 2.62. The van der Waals surface area contributed by atoms with Crippen LogP contribution in [-0.2, 0) is 0 Å². The SMILES string of the molecule is C[C@H]1C=CC=CC1C1C=CC=NC1. The minimum Gasteiger partial charge on any atom is -0.293 e. The summed E-state index contributed by atoms with van der Waals surface area (Å²) >= 11 is 0. The van der Waals surface area contributed by atoms with E-state index in [2.05, 4.69) is 48.4 Å². The third kappa shape index (κ3) is 1.80. The molecule has 0 aromatic carbocycles. The first-order valence-electron chi connectivity index (χ1n) is 4.89.